The zero-order valence-corrected chi connectivity index (χ0v) is 16.0. The summed E-state index contributed by atoms with van der Waals surface area (Å²) in [7, 11) is 0. The molecule has 5 heteroatoms. The van der Waals surface area contributed by atoms with E-state index in [0.29, 0.717) is 18.9 Å². The molecule has 0 radical (unpaired) electrons. The van der Waals surface area contributed by atoms with Crippen LogP contribution in [0.15, 0.2) is 0 Å². The summed E-state index contributed by atoms with van der Waals surface area (Å²) in [6.45, 7) is 3.71. The van der Waals surface area contributed by atoms with Gasteiger partial charge < -0.3 is 16.2 Å². The molecule has 0 aromatic heterocycles. The fourth-order valence-electron chi connectivity index (χ4n) is 8.24. The van der Waals surface area contributed by atoms with Crippen LogP contribution in [0.5, 0.6) is 0 Å². The molecule has 4 aliphatic carbocycles. The highest BCUT2D eigenvalue weighted by Crippen LogP contribution is 2.66. The van der Waals surface area contributed by atoms with E-state index in [1.807, 2.05) is 0 Å². The van der Waals surface area contributed by atoms with Gasteiger partial charge in [0.15, 0.2) is 0 Å². The minimum absolute atomic E-state index is 0.0258. The third kappa shape index (κ3) is 2.50. The van der Waals surface area contributed by atoms with Crippen LogP contribution in [0.4, 0.5) is 0 Å². The standard InChI is InChI=1S/C21H35N3O2/c22-19(26)21(20-8-15-5-16(9-20)7-17(6-15)10-20)11-18(25)13-24(21)12-14-1-3-23-4-2-14/h14-18,23,25H,1-13H2,(H2,22,26)/t15?,16?,17?,18-,20?,21-/m1/s1. The Bertz CT molecular complexity index is 538. The van der Waals surface area contributed by atoms with Crippen LogP contribution >= 0.6 is 0 Å². The van der Waals surface area contributed by atoms with Crippen molar-refractivity contribution in [3.05, 3.63) is 0 Å². The zero-order valence-electron chi connectivity index (χ0n) is 16.0. The highest BCUT2D eigenvalue weighted by atomic mass is 16.3. The number of aliphatic hydroxyl groups excluding tert-OH is 1. The van der Waals surface area contributed by atoms with E-state index in [1.165, 1.54) is 51.4 Å². The second kappa shape index (κ2) is 6.18. The van der Waals surface area contributed by atoms with E-state index >= 15 is 0 Å². The normalized spacial score (nSPS) is 49.0. The summed E-state index contributed by atoms with van der Waals surface area (Å²) in [6.07, 6.45) is 10.1. The van der Waals surface area contributed by atoms with Gasteiger partial charge in [-0.15, -0.1) is 0 Å². The van der Waals surface area contributed by atoms with E-state index in [0.717, 1.165) is 37.4 Å². The van der Waals surface area contributed by atoms with Gasteiger partial charge >= 0.3 is 0 Å². The smallest absolute Gasteiger partial charge is 0.238 e. The van der Waals surface area contributed by atoms with Gasteiger partial charge in [-0.25, -0.2) is 0 Å². The van der Waals surface area contributed by atoms with Gasteiger partial charge in [0.1, 0.15) is 5.54 Å². The summed E-state index contributed by atoms with van der Waals surface area (Å²) in [5.41, 5.74) is 5.63. The van der Waals surface area contributed by atoms with Crippen molar-refractivity contribution >= 4 is 5.91 Å². The summed E-state index contributed by atoms with van der Waals surface area (Å²) < 4.78 is 0. The SMILES string of the molecule is NC(=O)[C@@]1(C23CC4CC(CC(C4)C2)C3)C[C@@H](O)CN1CC1CCNCC1. The molecule has 26 heavy (non-hydrogen) atoms. The lowest BCUT2D eigenvalue weighted by atomic mass is 9.44. The molecule has 146 valence electrons. The average molecular weight is 362 g/mol. The van der Waals surface area contributed by atoms with Crippen LogP contribution in [0.25, 0.3) is 0 Å². The second-order valence-electron chi connectivity index (χ2n) is 10.4. The van der Waals surface area contributed by atoms with E-state index < -0.39 is 11.6 Å². The first-order valence-electron chi connectivity index (χ1n) is 10.9. The van der Waals surface area contributed by atoms with Crippen LogP contribution in [0.3, 0.4) is 0 Å². The molecule has 0 aromatic carbocycles. The van der Waals surface area contributed by atoms with Crippen molar-refractivity contribution in [1.82, 2.24) is 10.2 Å². The van der Waals surface area contributed by atoms with Crippen LogP contribution in [-0.4, -0.2) is 53.7 Å². The van der Waals surface area contributed by atoms with Gasteiger partial charge in [-0.05, 0) is 93.5 Å². The van der Waals surface area contributed by atoms with Crippen LogP contribution in [0, 0.1) is 29.1 Å². The summed E-state index contributed by atoms with van der Waals surface area (Å²) in [6, 6.07) is 0. The number of piperidine rings is 1. The molecule has 2 saturated heterocycles. The lowest BCUT2D eigenvalue weighted by Gasteiger charge is -2.64. The predicted octanol–water partition coefficient (Wildman–Crippen LogP) is 1.49. The van der Waals surface area contributed by atoms with Gasteiger partial charge in [-0.1, -0.05) is 0 Å². The van der Waals surface area contributed by atoms with Gasteiger partial charge in [0.05, 0.1) is 6.10 Å². The van der Waals surface area contributed by atoms with Crippen molar-refractivity contribution in [2.45, 2.75) is 69.4 Å². The Morgan fingerprint density at radius 3 is 2.15 bits per heavy atom. The Balaban J connectivity index is 1.49. The Kier molecular flexibility index (Phi) is 4.15. The number of β-amino-alcohol motifs (C(OH)–C–C–N with tert-alkyl or cyclic N) is 1. The lowest BCUT2D eigenvalue weighted by molar-refractivity contribution is -0.164. The predicted molar refractivity (Wildman–Crippen MR) is 100 cm³/mol. The van der Waals surface area contributed by atoms with E-state index in [1.54, 1.807) is 0 Å². The number of nitrogens with zero attached hydrogens (tertiary/aromatic N) is 1. The van der Waals surface area contributed by atoms with Crippen molar-refractivity contribution in [3.8, 4) is 0 Å². The number of hydrogen-bond donors (Lipinski definition) is 3. The number of hydrogen-bond acceptors (Lipinski definition) is 4. The van der Waals surface area contributed by atoms with E-state index in [-0.39, 0.29) is 11.3 Å². The molecule has 5 nitrogen and oxygen atoms in total. The number of aliphatic hydroxyl groups is 1. The molecule has 2 heterocycles. The van der Waals surface area contributed by atoms with E-state index in [4.69, 9.17) is 5.73 Å². The zero-order chi connectivity index (χ0) is 17.9. The molecular weight excluding hydrogens is 326 g/mol. The Morgan fingerprint density at radius 2 is 1.62 bits per heavy atom. The average Bonchev–Trinajstić information content (AvgIpc) is 2.92. The van der Waals surface area contributed by atoms with E-state index in [2.05, 4.69) is 10.2 Å². The lowest BCUT2D eigenvalue weighted by Crippen LogP contribution is -2.69. The molecule has 4 N–H and O–H groups in total. The molecular formula is C21H35N3O2. The minimum atomic E-state index is -0.604. The first kappa shape index (κ1) is 17.4. The number of carbonyl (C=O) groups is 1. The van der Waals surface area contributed by atoms with E-state index in [9.17, 15) is 9.90 Å². The number of nitrogens with two attached hydrogens (primary N) is 1. The Morgan fingerprint density at radius 1 is 1.04 bits per heavy atom. The number of amides is 1. The number of primary amides is 1. The minimum Gasteiger partial charge on any atom is -0.392 e. The molecule has 6 fully saturated rings. The summed E-state index contributed by atoms with van der Waals surface area (Å²) in [4.78, 5) is 15.5. The monoisotopic (exact) mass is 361 g/mol. The number of nitrogens with one attached hydrogen (secondary N) is 1. The highest BCUT2D eigenvalue weighted by molar-refractivity contribution is 5.86. The van der Waals surface area contributed by atoms with Crippen LogP contribution in [-0.2, 0) is 4.79 Å². The highest BCUT2D eigenvalue weighted by Gasteiger charge is 2.67. The van der Waals surface area contributed by atoms with Gasteiger partial charge in [0.2, 0.25) is 5.91 Å². The quantitative estimate of drug-likeness (QED) is 0.709. The van der Waals surface area contributed by atoms with Crippen molar-refractivity contribution in [3.63, 3.8) is 0 Å². The van der Waals surface area contributed by atoms with Gasteiger partial charge in [-0.2, -0.15) is 0 Å². The van der Waals surface area contributed by atoms with Crippen LogP contribution in [0.2, 0.25) is 0 Å². The van der Waals surface area contributed by atoms with Crippen molar-refractivity contribution < 1.29 is 9.90 Å². The topological polar surface area (TPSA) is 78.6 Å². The Labute approximate surface area is 157 Å². The van der Waals surface area contributed by atoms with Crippen molar-refractivity contribution in [2.24, 2.45) is 34.8 Å². The Hall–Kier alpha value is -0.650. The maximum atomic E-state index is 13.1. The number of rotatable bonds is 4. The van der Waals surface area contributed by atoms with Gasteiger partial charge in [0, 0.05) is 19.5 Å². The fraction of sp³-hybridized carbons (Fsp3) is 0.952. The summed E-state index contributed by atoms with van der Waals surface area (Å²) in [5.74, 6) is 2.84. The maximum absolute atomic E-state index is 13.1. The first-order chi connectivity index (χ1) is 12.5. The molecule has 6 rings (SSSR count). The maximum Gasteiger partial charge on any atom is 0.238 e. The number of carbonyl (C=O) groups excluding carboxylic acids is 1. The third-order valence-corrected chi connectivity index (χ3v) is 8.76. The number of likely N-dealkylation sites (tertiary alicyclic amines) is 1. The van der Waals surface area contributed by atoms with Gasteiger partial charge in [0.25, 0.3) is 0 Å². The molecule has 0 aromatic rings. The first-order valence-corrected chi connectivity index (χ1v) is 10.9. The molecule has 2 aliphatic heterocycles. The van der Waals surface area contributed by atoms with Crippen molar-refractivity contribution in [2.75, 3.05) is 26.2 Å². The molecule has 1 amide bonds. The molecule has 4 bridgehead atoms. The van der Waals surface area contributed by atoms with Crippen molar-refractivity contribution in [1.29, 1.82) is 0 Å². The largest absolute Gasteiger partial charge is 0.392 e. The molecule has 6 aliphatic rings. The van der Waals surface area contributed by atoms with Gasteiger partial charge in [-0.3, -0.25) is 9.69 Å². The summed E-state index contributed by atoms with van der Waals surface area (Å²) >= 11 is 0. The molecule has 0 unspecified atom stereocenters. The summed E-state index contributed by atoms with van der Waals surface area (Å²) in [5, 5.41) is 14.1. The second-order valence-corrected chi connectivity index (χ2v) is 10.4. The third-order valence-electron chi connectivity index (χ3n) is 8.76. The molecule has 4 saturated carbocycles. The molecule has 2 atom stereocenters. The van der Waals surface area contributed by atoms with Crippen LogP contribution < -0.4 is 11.1 Å². The molecule has 0 spiro atoms. The fourth-order valence-corrected chi connectivity index (χ4v) is 8.24. The van der Waals surface area contributed by atoms with Crippen LogP contribution in [0.1, 0.15) is 57.8 Å².